The van der Waals surface area contributed by atoms with Gasteiger partial charge < -0.3 is 131 Å². The Morgan fingerprint density at radius 1 is 0.529 bits per heavy atom. The zero-order valence-electron chi connectivity index (χ0n) is 77.3. The molecule has 17 amide bonds. The third-order valence-corrected chi connectivity index (χ3v) is 25.5. The maximum atomic E-state index is 15.8. The van der Waals surface area contributed by atoms with Crippen LogP contribution in [-0.4, -0.2) is 324 Å². The lowest BCUT2D eigenvalue weighted by Crippen LogP contribution is -2.61. The summed E-state index contributed by atoms with van der Waals surface area (Å²) in [6.07, 6.45) is 2.00. The molecule has 9 rings (SSSR count). The van der Waals surface area contributed by atoms with E-state index in [2.05, 4.69) is 73.1 Å². The van der Waals surface area contributed by atoms with E-state index in [0.29, 0.717) is 69.9 Å². The second-order valence-electron chi connectivity index (χ2n) is 34.3. The van der Waals surface area contributed by atoms with Crippen LogP contribution in [0.1, 0.15) is 139 Å². The molecule has 0 bridgehead atoms. The van der Waals surface area contributed by atoms with Gasteiger partial charge in [0.2, 0.25) is 100 Å². The molecule has 3 aliphatic rings. The number of nitrogens with zero attached hydrogens (tertiary/aromatic N) is 6. The first kappa shape index (κ1) is 106. The van der Waals surface area contributed by atoms with E-state index in [9.17, 15) is 58.2 Å². The van der Waals surface area contributed by atoms with Crippen molar-refractivity contribution in [2.45, 2.75) is 233 Å². The Bertz CT molecular complexity index is 5230. The molecule has 6 aromatic rings. The molecule has 15 atom stereocenters. The SMILES string of the molecule is CCCC[C@H]1C(=O)N(C)[C@@H](CCCC)C(=O)N[C@@H](CCCN)C(=O)N[C@H](C(=O)NCC(N)=O)CSCC(=O)N[C@@H](Cc2ccc(OC)cc2)C(=O)N(C)[C@@H](C)C(=O)N[C@H](CC(N)=O)C(=O)N2CCC[C@H]2C(=O)N[C@@H](Cc2cnc[nH]2)C(=O)N[C@@H](CCC(=O)O)C(=O)N2C[C@H](O)C[C@H]2C(=O)N[C@@H](Cc2c[nH]c3ccccc23)C(=O)N[C@@H](CCN)C(=O)N[C@@H](Cc2c[nH]c3ccccc23)C(=O)N1C. The van der Waals surface area contributed by atoms with Crippen molar-refractivity contribution in [2.75, 3.05) is 72.5 Å². The Hall–Kier alpha value is -13.6. The first-order valence-corrected chi connectivity index (χ1v) is 46.7. The van der Waals surface area contributed by atoms with E-state index in [4.69, 9.17) is 27.7 Å². The van der Waals surface area contributed by atoms with Gasteiger partial charge in [-0.3, -0.25) is 86.3 Å². The largest absolute Gasteiger partial charge is 0.497 e. The molecule has 3 aliphatic heterocycles. The molecule has 3 saturated heterocycles. The van der Waals surface area contributed by atoms with Crippen LogP contribution in [-0.2, 0) is 112 Å². The van der Waals surface area contributed by atoms with Gasteiger partial charge in [-0.25, -0.2) is 4.98 Å². The summed E-state index contributed by atoms with van der Waals surface area (Å²) in [5.74, 6) is -18.1. The summed E-state index contributed by atoms with van der Waals surface area (Å²) >= 11 is 0.791. The number of primary amides is 2. The van der Waals surface area contributed by atoms with Gasteiger partial charge in [0.25, 0.3) is 0 Å². The number of amides is 17. The number of aliphatic carboxylic acids is 1. The number of carboxylic acids is 1. The van der Waals surface area contributed by atoms with Gasteiger partial charge in [-0.2, -0.15) is 0 Å². The summed E-state index contributed by atoms with van der Waals surface area (Å²) in [5.41, 5.74) is 26.4. The smallest absolute Gasteiger partial charge is 0.303 e. The van der Waals surface area contributed by atoms with Gasteiger partial charge in [-0.15, -0.1) is 11.8 Å². The maximum absolute atomic E-state index is 15.8. The number of nitrogens with one attached hydrogen (secondary N) is 13. The van der Waals surface area contributed by atoms with Crippen molar-refractivity contribution < 1.29 is 101 Å². The Morgan fingerprint density at radius 2 is 1.07 bits per heavy atom. The van der Waals surface area contributed by atoms with E-state index >= 15 is 38.4 Å². The Labute approximate surface area is 789 Å². The first-order chi connectivity index (χ1) is 65.0. The number of carbonyl (C=O) groups excluding carboxylic acids is 17. The number of methoxy groups -OCH3 is 1. The molecule has 23 N–H and O–H groups in total. The number of ether oxygens (including phenoxy) is 1. The molecule has 3 aromatic heterocycles. The summed E-state index contributed by atoms with van der Waals surface area (Å²) in [4.78, 5) is 282. The number of hydrogen-bond acceptors (Lipinski definition) is 24. The van der Waals surface area contributed by atoms with Crippen LogP contribution in [0, 0.1) is 0 Å². The second kappa shape index (κ2) is 51.2. The molecule has 44 nitrogen and oxygen atoms in total. The van der Waals surface area contributed by atoms with Crippen LogP contribution in [0.25, 0.3) is 21.8 Å². The van der Waals surface area contributed by atoms with Gasteiger partial charge in [-0.1, -0.05) is 88.1 Å². The molecular formula is C91H127N23O21S. The van der Waals surface area contributed by atoms with Gasteiger partial charge in [-0.05, 0) is 112 Å². The second-order valence-corrected chi connectivity index (χ2v) is 35.3. The monoisotopic (exact) mass is 1910 g/mol. The number of benzene rings is 3. The van der Waals surface area contributed by atoms with Crippen molar-refractivity contribution in [1.82, 2.24) is 97.6 Å². The normalized spacial score (nSPS) is 24.6. The highest BCUT2D eigenvalue weighted by atomic mass is 32.2. The first-order valence-electron chi connectivity index (χ1n) is 45.5. The minimum absolute atomic E-state index is 0.00441. The van der Waals surface area contributed by atoms with Crippen molar-refractivity contribution in [3.63, 3.8) is 0 Å². The van der Waals surface area contributed by atoms with E-state index in [-0.39, 0.29) is 89.5 Å². The van der Waals surface area contributed by atoms with E-state index in [0.717, 1.165) is 26.5 Å². The lowest BCUT2D eigenvalue weighted by molar-refractivity contribution is -0.149. The molecule has 738 valence electrons. The molecule has 0 unspecified atom stereocenters. The Morgan fingerprint density at radius 3 is 1.66 bits per heavy atom. The zero-order chi connectivity index (χ0) is 99.1. The highest BCUT2D eigenvalue weighted by Gasteiger charge is 2.47. The molecule has 0 spiro atoms. The standard InChI is InChI=1S/C91H127N23O21S/c1-8-10-23-70-84(127)103-61(22-16-33-92)80(123)109-69(79(122)99-45-75(95)117)47-136-48-76(118)101-66(36-51-26-28-56(135-7)29-27-51)87(130)110(4)50(3)78(121)107-68(41-74(94)116)90(133)113-35-17-25-71(113)85(128)106-65(39-54-44-96-49-100-54)83(126)104-63(30-31-77(119)120)89(132)114-46-55(115)40-73(114)86(129)105-64(37-52-42-97-59-20-14-12-18-57(52)59)82(125)102-62(32-34-93)81(124)108-67(38-53-43-98-60-21-15-13-19-58(53)60)88(131)112(6)72(24-11-9-2)91(134)111(70)5/h12-15,18-21,26-29,42-44,49-50,55,61-73,97-98,115H,8-11,16-17,22-25,30-41,45-48,92-93H2,1-7H3,(H2,94,116)(H2,95,117)(H,96,100)(H,99,122)(H,101,118)(H,102,125)(H,103,127)(H,104,126)(H,105,129)(H,106,128)(H,107,121)(H,108,124)(H,109,123)(H,119,120)/t50-,55+,61-,62-,63-,64-,65-,66-,67-,68+,69-,70-,71-,72-,73-/m0/s1. The van der Waals surface area contributed by atoms with Crippen LogP contribution in [0.15, 0.2) is 97.7 Å². The fourth-order valence-corrected chi connectivity index (χ4v) is 17.6. The maximum Gasteiger partial charge on any atom is 0.303 e. The van der Waals surface area contributed by atoms with Gasteiger partial charge >= 0.3 is 5.97 Å². The number of carbonyl (C=O) groups is 18. The molecule has 6 heterocycles. The van der Waals surface area contributed by atoms with Crippen LogP contribution in [0.5, 0.6) is 5.75 Å². The summed E-state index contributed by atoms with van der Waals surface area (Å²) in [6.45, 7) is 3.29. The number of likely N-dealkylation sites (N-methyl/N-ethyl adjacent to an activating group) is 3. The van der Waals surface area contributed by atoms with Gasteiger partial charge in [0, 0.05) is 125 Å². The predicted molar refractivity (Wildman–Crippen MR) is 498 cm³/mol. The number of unbranched alkanes of at least 4 members (excludes halogenated alkanes) is 2. The van der Waals surface area contributed by atoms with Crippen molar-refractivity contribution in [1.29, 1.82) is 0 Å². The summed E-state index contributed by atoms with van der Waals surface area (Å²) in [7, 11) is 5.40. The van der Waals surface area contributed by atoms with Crippen molar-refractivity contribution in [3.05, 3.63) is 120 Å². The summed E-state index contributed by atoms with van der Waals surface area (Å²) in [5, 5.41) is 49.4. The number of hydrogen-bond donors (Lipinski definition) is 19. The van der Waals surface area contributed by atoms with E-state index in [1.54, 1.807) is 85.2 Å². The molecule has 0 radical (unpaired) electrons. The van der Waals surface area contributed by atoms with Crippen molar-refractivity contribution in [3.8, 4) is 5.75 Å². The lowest BCUT2D eigenvalue weighted by atomic mass is 9.99. The van der Waals surface area contributed by atoms with Crippen LogP contribution >= 0.6 is 11.8 Å². The number of carboxylic acid groups (broad SMARTS) is 1. The van der Waals surface area contributed by atoms with Gasteiger partial charge in [0.05, 0.1) is 38.3 Å². The lowest BCUT2D eigenvalue weighted by Gasteiger charge is -2.36. The number of para-hydroxylation sites is 2. The van der Waals surface area contributed by atoms with E-state index in [1.807, 2.05) is 13.8 Å². The predicted octanol–water partition coefficient (Wildman–Crippen LogP) is -2.97. The highest BCUT2D eigenvalue weighted by Crippen LogP contribution is 2.28. The quantitative estimate of drug-likeness (QED) is 0.0233. The molecule has 136 heavy (non-hydrogen) atoms. The number of aromatic nitrogens is 4. The highest BCUT2D eigenvalue weighted by molar-refractivity contribution is 8.00. The fraction of sp³-hybridized carbons (Fsp3) is 0.527. The third-order valence-electron chi connectivity index (χ3n) is 24.5. The summed E-state index contributed by atoms with van der Waals surface area (Å²) in [6, 6.07) is -1.43. The van der Waals surface area contributed by atoms with Crippen LogP contribution < -0.4 is 80.8 Å². The number of fused-ring (bicyclic) bond motifs is 4. The van der Waals surface area contributed by atoms with E-state index in [1.165, 1.54) is 57.5 Å². The molecule has 3 fully saturated rings. The number of aliphatic hydroxyl groups excluding tert-OH is 1. The van der Waals surface area contributed by atoms with Gasteiger partial charge in [0.15, 0.2) is 0 Å². The molecule has 45 heteroatoms. The molecule has 3 aromatic carbocycles. The number of H-pyrrole nitrogens is 3. The van der Waals surface area contributed by atoms with Gasteiger partial charge in [0.1, 0.15) is 90.3 Å². The topological polar surface area (TPSA) is 658 Å². The minimum atomic E-state index is -1.83. The number of thioether (sulfide) groups is 1. The number of aromatic amines is 3. The average Bonchev–Trinajstić information content (AvgIpc) is 1.62. The number of imidazole rings is 1. The number of aliphatic hydroxyl groups is 1. The summed E-state index contributed by atoms with van der Waals surface area (Å²) < 4.78 is 5.34. The zero-order valence-corrected chi connectivity index (χ0v) is 78.2. The van der Waals surface area contributed by atoms with Crippen LogP contribution in [0.2, 0.25) is 0 Å². The van der Waals surface area contributed by atoms with Crippen molar-refractivity contribution in [2.24, 2.45) is 22.9 Å². The Kier molecular flexibility index (Phi) is 40.0. The van der Waals surface area contributed by atoms with Crippen LogP contribution in [0.4, 0.5) is 0 Å². The molecular weight excluding hydrogens is 1780 g/mol. The fourth-order valence-electron chi connectivity index (χ4n) is 16.8. The number of nitrogens with two attached hydrogens (primary N) is 4. The molecule has 0 aliphatic carbocycles. The average molecular weight is 1910 g/mol. The number of rotatable bonds is 28. The Balaban J connectivity index is 1.11. The van der Waals surface area contributed by atoms with Crippen molar-refractivity contribution >= 4 is 140 Å². The van der Waals surface area contributed by atoms with Crippen LogP contribution in [0.3, 0.4) is 0 Å². The van der Waals surface area contributed by atoms with E-state index < -0.39 is 254 Å². The third kappa shape index (κ3) is 29.2. The molecule has 0 saturated carbocycles. The minimum Gasteiger partial charge on any atom is -0.497 e.